The molecule has 0 aromatic heterocycles. The number of ether oxygens (including phenoxy) is 2. The zero-order chi connectivity index (χ0) is 15.8. The van der Waals surface area contributed by atoms with Gasteiger partial charge in [0.1, 0.15) is 5.82 Å². The van der Waals surface area contributed by atoms with Crippen LogP contribution in [0.4, 0.5) is 4.39 Å². The van der Waals surface area contributed by atoms with Crippen LogP contribution in [0.25, 0.3) is 0 Å². The maximum atomic E-state index is 13.4. The summed E-state index contributed by atoms with van der Waals surface area (Å²) in [6.07, 6.45) is 0.0576. The molecule has 1 amide bonds. The molecule has 0 saturated heterocycles. The van der Waals surface area contributed by atoms with Crippen LogP contribution in [0.2, 0.25) is 5.02 Å². The van der Waals surface area contributed by atoms with E-state index in [0.717, 1.165) is 6.07 Å². The highest BCUT2D eigenvalue weighted by atomic mass is 35.5. The van der Waals surface area contributed by atoms with Crippen molar-refractivity contribution in [1.29, 1.82) is 0 Å². The molecule has 0 N–H and O–H groups in total. The van der Waals surface area contributed by atoms with E-state index in [2.05, 4.69) is 4.74 Å². The Kier molecular flexibility index (Phi) is 7.11. The van der Waals surface area contributed by atoms with Gasteiger partial charge in [-0.3, -0.25) is 9.59 Å². The largest absolute Gasteiger partial charge is 0.469 e. The van der Waals surface area contributed by atoms with Crippen LogP contribution in [0.1, 0.15) is 16.8 Å². The molecule has 5 nitrogen and oxygen atoms in total. The number of rotatable bonds is 7. The molecular formula is C14H17ClFNO4. The number of esters is 1. The van der Waals surface area contributed by atoms with E-state index in [9.17, 15) is 14.0 Å². The predicted octanol–water partition coefficient (Wildman–Crippen LogP) is 2.13. The number of hydrogen-bond acceptors (Lipinski definition) is 4. The molecule has 0 aliphatic heterocycles. The van der Waals surface area contributed by atoms with Crippen molar-refractivity contribution in [3.8, 4) is 0 Å². The molecule has 21 heavy (non-hydrogen) atoms. The summed E-state index contributed by atoms with van der Waals surface area (Å²) in [6.45, 7) is 0.763. The Balaban J connectivity index is 2.82. The average molecular weight is 318 g/mol. The van der Waals surface area contributed by atoms with Gasteiger partial charge in [-0.2, -0.15) is 0 Å². The molecule has 0 atom stereocenters. The van der Waals surface area contributed by atoms with Crippen LogP contribution < -0.4 is 0 Å². The number of benzene rings is 1. The SMILES string of the molecule is COCCN(CCC(=O)OC)C(=O)c1ccc(Cl)c(F)c1. The molecule has 0 unspecified atom stereocenters. The molecule has 1 rings (SSSR count). The van der Waals surface area contributed by atoms with Crippen LogP contribution in [-0.4, -0.2) is 50.7 Å². The minimum absolute atomic E-state index is 0.0513. The highest BCUT2D eigenvalue weighted by Crippen LogP contribution is 2.17. The molecule has 116 valence electrons. The maximum absolute atomic E-state index is 13.4. The van der Waals surface area contributed by atoms with Crippen molar-refractivity contribution in [2.75, 3.05) is 33.9 Å². The van der Waals surface area contributed by atoms with Crippen molar-refractivity contribution in [2.45, 2.75) is 6.42 Å². The van der Waals surface area contributed by atoms with Crippen LogP contribution in [0, 0.1) is 5.82 Å². The molecule has 0 bridgehead atoms. The normalized spacial score (nSPS) is 10.3. The number of halogens is 2. The summed E-state index contributed by atoms with van der Waals surface area (Å²) in [7, 11) is 2.78. The third-order valence-electron chi connectivity index (χ3n) is 2.83. The summed E-state index contributed by atoms with van der Waals surface area (Å²) in [6, 6.07) is 3.83. The smallest absolute Gasteiger partial charge is 0.307 e. The van der Waals surface area contributed by atoms with E-state index in [1.807, 2.05) is 0 Å². The van der Waals surface area contributed by atoms with E-state index < -0.39 is 17.7 Å². The molecular weight excluding hydrogens is 301 g/mol. The molecule has 0 aliphatic carbocycles. The van der Waals surface area contributed by atoms with Gasteiger partial charge in [0.2, 0.25) is 0 Å². The van der Waals surface area contributed by atoms with E-state index in [-0.39, 0.29) is 30.1 Å². The Morgan fingerprint density at radius 3 is 2.57 bits per heavy atom. The van der Waals surface area contributed by atoms with Gasteiger partial charge in [-0.1, -0.05) is 11.6 Å². The van der Waals surface area contributed by atoms with Crippen molar-refractivity contribution >= 4 is 23.5 Å². The summed E-state index contributed by atoms with van der Waals surface area (Å²) in [5.41, 5.74) is 0.165. The first-order chi connectivity index (χ1) is 9.99. The molecule has 1 aromatic rings. The van der Waals surface area contributed by atoms with E-state index in [1.165, 1.54) is 31.3 Å². The first-order valence-electron chi connectivity index (χ1n) is 6.29. The molecule has 0 radical (unpaired) electrons. The minimum Gasteiger partial charge on any atom is -0.469 e. The van der Waals surface area contributed by atoms with Gasteiger partial charge in [0.05, 0.1) is 25.2 Å². The van der Waals surface area contributed by atoms with Crippen LogP contribution in [-0.2, 0) is 14.3 Å². The van der Waals surface area contributed by atoms with Gasteiger partial charge in [0.25, 0.3) is 5.91 Å². The summed E-state index contributed by atoms with van der Waals surface area (Å²) >= 11 is 5.59. The highest BCUT2D eigenvalue weighted by molar-refractivity contribution is 6.30. The highest BCUT2D eigenvalue weighted by Gasteiger charge is 2.18. The Labute approximate surface area is 127 Å². The van der Waals surface area contributed by atoms with Crippen molar-refractivity contribution in [3.05, 3.63) is 34.6 Å². The lowest BCUT2D eigenvalue weighted by Crippen LogP contribution is -2.35. The number of nitrogens with zero attached hydrogens (tertiary/aromatic N) is 1. The summed E-state index contributed by atoms with van der Waals surface area (Å²) in [4.78, 5) is 24.9. The van der Waals surface area contributed by atoms with Gasteiger partial charge in [-0.05, 0) is 18.2 Å². The van der Waals surface area contributed by atoms with Crippen LogP contribution in [0.5, 0.6) is 0 Å². The Morgan fingerprint density at radius 2 is 2.00 bits per heavy atom. The van der Waals surface area contributed by atoms with Crippen LogP contribution in [0.15, 0.2) is 18.2 Å². The van der Waals surface area contributed by atoms with E-state index in [1.54, 1.807) is 0 Å². The van der Waals surface area contributed by atoms with E-state index in [4.69, 9.17) is 16.3 Å². The summed E-state index contributed by atoms with van der Waals surface area (Å²) < 4.78 is 22.9. The lowest BCUT2D eigenvalue weighted by molar-refractivity contribution is -0.140. The average Bonchev–Trinajstić information content (AvgIpc) is 2.49. The Morgan fingerprint density at radius 1 is 1.29 bits per heavy atom. The monoisotopic (exact) mass is 317 g/mol. The maximum Gasteiger partial charge on any atom is 0.307 e. The fraction of sp³-hybridized carbons (Fsp3) is 0.429. The minimum atomic E-state index is -0.665. The second kappa shape index (κ2) is 8.59. The molecule has 0 aliphatic rings. The van der Waals surface area contributed by atoms with Gasteiger partial charge in [0.15, 0.2) is 0 Å². The van der Waals surface area contributed by atoms with Gasteiger partial charge < -0.3 is 14.4 Å². The van der Waals surface area contributed by atoms with Crippen molar-refractivity contribution < 1.29 is 23.5 Å². The van der Waals surface area contributed by atoms with Crippen molar-refractivity contribution in [2.24, 2.45) is 0 Å². The zero-order valence-corrected chi connectivity index (χ0v) is 12.7. The first kappa shape index (κ1) is 17.4. The van der Waals surface area contributed by atoms with E-state index >= 15 is 0 Å². The second-order valence-corrected chi connectivity index (χ2v) is 4.65. The standard InChI is InChI=1S/C14H17ClFNO4/c1-20-8-7-17(6-5-13(18)21-2)14(19)10-3-4-11(15)12(16)9-10/h3-4,9H,5-8H2,1-2H3. The molecule has 1 aromatic carbocycles. The van der Waals surface area contributed by atoms with E-state index in [0.29, 0.717) is 6.61 Å². The molecule has 0 fully saturated rings. The van der Waals surface area contributed by atoms with Gasteiger partial charge in [-0.15, -0.1) is 0 Å². The van der Waals surface area contributed by atoms with Gasteiger partial charge in [-0.25, -0.2) is 4.39 Å². The lowest BCUT2D eigenvalue weighted by Gasteiger charge is -2.22. The number of carbonyl (C=O) groups excluding carboxylic acids is 2. The van der Waals surface area contributed by atoms with Crippen LogP contribution in [0.3, 0.4) is 0 Å². The molecule has 0 spiro atoms. The van der Waals surface area contributed by atoms with Crippen LogP contribution >= 0.6 is 11.6 Å². The second-order valence-electron chi connectivity index (χ2n) is 4.24. The Hall–Kier alpha value is -1.66. The third-order valence-corrected chi connectivity index (χ3v) is 3.14. The third kappa shape index (κ3) is 5.32. The number of amides is 1. The predicted molar refractivity (Wildman–Crippen MR) is 75.8 cm³/mol. The first-order valence-corrected chi connectivity index (χ1v) is 6.67. The fourth-order valence-electron chi connectivity index (χ4n) is 1.66. The number of methoxy groups -OCH3 is 2. The number of hydrogen-bond donors (Lipinski definition) is 0. The lowest BCUT2D eigenvalue weighted by atomic mass is 10.2. The van der Waals surface area contributed by atoms with Crippen molar-refractivity contribution in [3.63, 3.8) is 0 Å². The topological polar surface area (TPSA) is 55.8 Å². The molecule has 0 heterocycles. The quantitative estimate of drug-likeness (QED) is 0.723. The molecule has 7 heteroatoms. The number of carbonyl (C=O) groups is 2. The Bertz CT molecular complexity index is 510. The summed E-state index contributed by atoms with van der Waals surface area (Å²) in [5, 5.41) is -0.0513. The zero-order valence-electron chi connectivity index (χ0n) is 11.9. The van der Waals surface area contributed by atoms with Gasteiger partial charge in [0, 0.05) is 25.8 Å². The molecule has 0 saturated carbocycles. The van der Waals surface area contributed by atoms with Crippen molar-refractivity contribution in [1.82, 2.24) is 4.90 Å². The summed E-state index contributed by atoms with van der Waals surface area (Å²) in [5.74, 6) is -1.49. The van der Waals surface area contributed by atoms with Gasteiger partial charge >= 0.3 is 5.97 Å². The fourth-order valence-corrected chi connectivity index (χ4v) is 1.77.